The lowest BCUT2D eigenvalue weighted by Gasteiger charge is -2.35. The number of nitrogens with zero attached hydrogens (tertiary/aromatic N) is 3. The molecule has 1 amide bonds. The molecule has 3 rings (SSSR count). The average Bonchev–Trinajstić information content (AvgIpc) is 3.16. The molecule has 5 nitrogen and oxygen atoms in total. The number of hydrogen-bond donors (Lipinski definition) is 1. The Hall–Kier alpha value is -2.44. The summed E-state index contributed by atoms with van der Waals surface area (Å²) in [5, 5.41) is 4.68. The molecule has 158 valence electrons. The van der Waals surface area contributed by atoms with Crippen molar-refractivity contribution in [2.75, 3.05) is 20.1 Å². The number of rotatable bonds is 6. The number of thiazole rings is 1. The van der Waals surface area contributed by atoms with Crippen LogP contribution in [0.3, 0.4) is 0 Å². The van der Waals surface area contributed by atoms with Crippen LogP contribution in [0, 0.1) is 6.92 Å². The SMILES string of the molecule is C=C(Cl)/C=C\C(=NC)NCC1CCCCN1C(=O)c1nc(C)sc1-c1ccccc1. The predicted molar refractivity (Wildman–Crippen MR) is 126 cm³/mol. The van der Waals surface area contributed by atoms with E-state index in [9.17, 15) is 4.79 Å². The van der Waals surface area contributed by atoms with E-state index in [1.807, 2.05) is 42.2 Å². The fourth-order valence-corrected chi connectivity index (χ4v) is 4.56. The molecule has 1 N–H and O–H groups in total. The molecule has 1 aromatic heterocycles. The van der Waals surface area contributed by atoms with Crippen molar-refractivity contribution < 1.29 is 4.79 Å². The van der Waals surface area contributed by atoms with Gasteiger partial charge in [-0.2, -0.15) is 0 Å². The minimum absolute atomic E-state index is 0.00404. The summed E-state index contributed by atoms with van der Waals surface area (Å²) in [5.74, 6) is 0.716. The van der Waals surface area contributed by atoms with Crippen LogP contribution in [0.5, 0.6) is 0 Å². The fourth-order valence-electron chi connectivity index (χ4n) is 3.58. The summed E-state index contributed by atoms with van der Waals surface area (Å²) < 4.78 is 0. The Morgan fingerprint density at radius 3 is 2.83 bits per heavy atom. The van der Waals surface area contributed by atoms with E-state index in [1.54, 1.807) is 30.5 Å². The Kier molecular flexibility index (Phi) is 7.82. The standard InChI is InChI=1S/C23H27ClN4OS/c1-16(24)12-13-20(25-3)26-15-19-11-7-8-14-28(19)23(29)21-22(30-17(2)27-21)18-9-5-4-6-10-18/h4-6,9-10,12-13,19H,1,7-8,11,14-15H2,2-3H3,(H,25,26)/b13-12-. The first kappa shape index (κ1) is 22.2. The molecule has 1 saturated heterocycles. The molecule has 2 heterocycles. The number of carbonyl (C=O) groups is 1. The summed E-state index contributed by atoms with van der Waals surface area (Å²) in [7, 11) is 1.72. The van der Waals surface area contributed by atoms with Gasteiger partial charge in [0.25, 0.3) is 5.91 Å². The molecule has 1 fully saturated rings. The maximum Gasteiger partial charge on any atom is 0.274 e. The number of benzene rings is 1. The number of amidine groups is 1. The lowest BCUT2D eigenvalue weighted by Crippen LogP contribution is -2.49. The smallest absolute Gasteiger partial charge is 0.274 e. The summed E-state index contributed by atoms with van der Waals surface area (Å²) >= 11 is 7.37. The first-order valence-electron chi connectivity index (χ1n) is 10.1. The Bertz CT molecular complexity index is 951. The highest BCUT2D eigenvalue weighted by atomic mass is 35.5. The highest BCUT2D eigenvalue weighted by Gasteiger charge is 2.30. The monoisotopic (exact) mass is 442 g/mol. The summed E-state index contributed by atoms with van der Waals surface area (Å²) in [6, 6.07) is 10.1. The third-order valence-corrected chi connectivity index (χ3v) is 6.19. The Morgan fingerprint density at radius 2 is 2.13 bits per heavy atom. The largest absolute Gasteiger partial charge is 0.368 e. The highest BCUT2D eigenvalue weighted by molar-refractivity contribution is 7.15. The van der Waals surface area contributed by atoms with Crippen LogP contribution in [0.25, 0.3) is 10.4 Å². The second-order valence-electron chi connectivity index (χ2n) is 7.19. The molecule has 0 aliphatic carbocycles. The van der Waals surface area contributed by atoms with E-state index in [0.29, 0.717) is 23.1 Å². The second kappa shape index (κ2) is 10.5. The lowest BCUT2D eigenvalue weighted by atomic mass is 10.0. The molecular weight excluding hydrogens is 416 g/mol. The maximum atomic E-state index is 13.5. The zero-order chi connectivity index (χ0) is 21.5. The zero-order valence-electron chi connectivity index (χ0n) is 17.4. The molecule has 1 aliphatic rings. The van der Waals surface area contributed by atoms with E-state index in [-0.39, 0.29) is 11.9 Å². The van der Waals surface area contributed by atoms with Crippen molar-refractivity contribution in [2.24, 2.45) is 4.99 Å². The van der Waals surface area contributed by atoms with Crippen LogP contribution in [0.4, 0.5) is 0 Å². The first-order valence-corrected chi connectivity index (χ1v) is 11.3. The topological polar surface area (TPSA) is 57.6 Å². The molecule has 7 heteroatoms. The van der Waals surface area contributed by atoms with Crippen LogP contribution >= 0.6 is 22.9 Å². The van der Waals surface area contributed by atoms with Crippen molar-refractivity contribution in [3.63, 3.8) is 0 Å². The van der Waals surface area contributed by atoms with Crippen molar-refractivity contribution in [1.82, 2.24) is 15.2 Å². The van der Waals surface area contributed by atoms with Crippen LogP contribution in [0.2, 0.25) is 0 Å². The average molecular weight is 443 g/mol. The van der Waals surface area contributed by atoms with Gasteiger partial charge in [-0.15, -0.1) is 11.3 Å². The molecule has 30 heavy (non-hydrogen) atoms. The number of halogens is 1. The van der Waals surface area contributed by atoms with Gasteiger partial charge in [-0.25, -0.2) is 4.98 Å². The van der Waals surface area contributed by atoms with E-state index in [4.69, 9.17) is 11.6 Å². The zero-order valence-corrected chi connectivity index (χ0v) is 19.0. The maximum absolute atomic E-state index is 13.5. The Morgan fingerprint density at radius 1 is 1.37 bits per heavy atom. The molecule has 0 bridgehead atoms. The van der Waals surface area contributed by atoms with Gasteiger partial charge in [-0.1, -0.05) is 48.5 Å². The van der Waals surface area contributed by atoms with Crippen molar-refractivity contribution in [3.05, 3.63) is 64.8 Å². The number of likely N-dealkylation sites (tertiary alicyclic amines) is 1. The molecule has 1 atom stereocenters. The lowest BCUT2D eigenvalue weighted by molar-refractivity contribution is 0.0613. The number of carbonyl (C=O) groups excluding carboxylic acids is 1. The summed E-state index contributed by atoms with van der Waals surface area (Å²) in [5.41, 5.74) is 1.59. The molecule has 1 aliphatic heterocycles. The normalized spacial score (nSPS) is 17.4. The van der Waals surface area contributed by atoms with Gasteiger partial charge < -0.3 is 10.2 Å². The number of aromatic nitrogens is 1. The molecule has 1 unspecified atom stereocenters. The third-order valence-electron chi connectivity index (χ3n) is 5.04. The highest BCUT2D eigenvalue weighted by Crippen LogP contribution is 2.32. The summed E-state index contributed by atoms with van der Waals surface area (Å²) in [4.78, 5) is 25.3. The third kappa shape index (κ3) is 5.58. The van der Waals surface area contributed by atoms with E-state index in [0.717, 1.165) is 41.3 Å². The van der Waals surface area contributed by atoms with Gasteiger partial charge in [0, 0.05) is 31.2 Å². The molecule has 0 radical (unpaired) electrons. The summed E-state index contributed by atoms with van der Waals surface area (Å²) in [6.45, 7) is 6.97. The van der Waals surface area contributed by atoms with Crippen molar-refractivity contribution in [2.45, 2.75) is 32.2 Å². The van der Waals surface area contributed by atoms with Crippen LogP contribution in [0.15, 0.2) is 59.1 Å². The number of nitrogens with one attached hydrogen (secondary N) is 1. The summed E-state index contributed by atoms with van der Waals surface area (Å²) in [6.07, 6.45) is 6.55. The quantitative estimate of drug-likeness (QED) is 0.387. The van der Waals surface area contributed by atoms with Crippen molar-refractivity contribution in [3.8, 4) is 10.4 Å². The van der Waals surface area contributed by atoms with Crippen molar-refractivity contribution >= 4 is 34.7 Å². The number of aryl methyl sites for hydroxylation is 1. The molecular formula is C23H27ClN4OS. The van der Waals surface area contributed by atoms with Crippen LogP contribution in [-0.4, -0.2) is 47.8 Å². The van der Waals surface area contributed by atoms with Gasteiger partial charge >= 0.3 is 0 Å². The van der Waals surface area contributed by atoms with Crippen LogP contribution < -0.4 is 5.32 Å². The Labute approximate surface area is 187 Å². The van der Waals surface area contributed by atoms with Gasteiger partial charge in [0.15, 0.2) is 0 Å². The number of piperidine rings is 1. The minimum Gasteiger partial charge on any atom is -0.368 e. The van der Waals surface area contributed by atoms with E-state index < -0.39 is 0 Å². The van der Waals surface area contributed by atoms with Gasteiger partial charge in [0.1, 0.15) is 11.5 Å². The number of allylic oxidation sites excluding steroid dienone is 2. The first-order chi connectivity index (χ1) is 14.5. The number of aliphatic imine (C=N–C) groups is 1. The number of hydrogen-bond acceptors (Lipinski definition) is 4. The van der Waals surface area contributed by atoms with E-state index >= 15 is 0 Å². The minimum atomic E-state index is 0.00404. The molecule has 0 saturated carbocycles. The van der Waals surface area contributed by atoms with Gasteiger partial charge in [-0.3, -0.25) is 9.79 Å². The van der Waals surface area contributed by atoms with Gasteiger partial charge in [-0.05, 0) is 43.9 Å². The Balaban J connectivity index is 1.78. The fraction of sp³-hybridized carbons (Fsp3) is 0.348. The molecule has 1 aromatic carbocycles. The second-order valence-corrected chi connectivity index (χ2v) is 8.88. The predicted octanol–water partition coefficient (Wildman–Crippen LogP) is 5.04. The van der Waals surface area contributed by atoms with Crippen LogP contribution in [-0.2, 0) is 0 Å². The van der Waals surface area contributed by atoms with Gasteiger partial charge in [0.2, 0.25) is 0 Å². The van der Waals surface area contributed by atoms with E-state index in [2.05, 4.69) is 21.9 Å². The number of amides is 1. The van der Waals surface area contributed by atoms with E-state index in [1.165, 1.54) is 0 Å². The van der Waals surface area contributed by atoms with Crippen molar-refractivity contribution in [1.29, 1.82) is 0 Å². The molecule has 2 aromatic rings. The molecule has 0 spiro atoms. The van der Waals surface area contributed by atoms with Crippen LogP contribution in [0.1, 0.15) is 34.8 Å². The van der Waals surface area contributed by atoms with Gasteiger partial charge in [0.05, 0.1) is 9.88 Å².